The van der Waals surface area contributed by atoms with Crippen LogP contribution in [0.15, 0.2) is 108 Å². The zero-order valence-electron chi connectivity index (χ0n) is 25.4. The molecule has 0 saturated heterocycles. The monoisotopic (exact) mass is 615 g/mol. The largest absolute Gasteiger partial charge is 0.352 e. The Kier molecular flexibility index (Phi) is 10.5. The summed E-state index contributed by atoms with van der Waals surface area (Å²) in [5, 5.41) is 2.95. The Morgan fingerprint density at radius 2 is 1.34 bits per heavy atom. The first kappa shape index (κ1) is 32.4. The fraction of sp³-hybridized carbons (Fsp3) is 0.257. The van der Waals surface area contributed by atoms with Crippen molar-refractivity contribution >= 4 is 27.5 Å². The highest BCUT2D eigenvalue weighted by atomic mass is 32.2. The van der Waals surface area contributed by atoms with Crippen molar-refractivity contribution in [3.8, 4) is 0 Å². The molecule has 0 aromatic heterocycles. The fourth-order valence-corrected chi connectivity index (χ4v) is 6.21. The van der Waals surface area contributed by atoms with Gasteiger partial charge in [0.05, 0.1) is 10.6 Å². The van der Waals surface area contributed by atoms with Gasteiger partial charge >= 0.3 is 0 Å². The van der Waals surface area contributed by atoms with Gasteiger partial charge in [-0.25, -0.2) is 12.8 Å². The number of aryl methyl sites for hydroxylation is 2. The van der Waals surface area contributed by atoms with Gasteiger partial charge in [-0.15, -0.1) is 0 Å². The molecule has 4 rings (SSSR count). The van der Waals surface area contributed by atoms with Crippen LogP contribution in [0.4, 0.5) is 10.1 Å². The molecule has 0 fully saturated rings. The molecule has 0 radical (unpaired) electrons. The smallest absolute Gasteiger partial charge is 0.264 e. The number of carbonyl (C=O) groups is 2. The molecule has 230 valence electrons. The van der Waals surface area contributed by atoms with Crippen molar-refractivity contribution in [1.82, 2.24) is 10.2 Å². The Bertz CT molecular complexity index is 1660. The van der Waals surface area contributed by atoms with Crippen LogP contribution >= 0.6 is 0 Å². The van der Waals surface area contributed by atoms with Crippen LogP contribution in [0, 0.1) is 19.7 Å². The van der Waals surface area contributed by atoms with Crippen LogP contribution in [0.25, 0.3) is 0 Å². The number of rotatable bonds is 12. The summed E-state index contributed by atoms with van der Waals surface area (Å²) in [6.45, 7) is 7.03. The lowest BCUT2D eigenvalue weighted by atomic mass is 10.0. The predicted molar refractivity (Wildman–Crippen MR) is 171 cm³/mol. The van der Waals surface area contributed by atoms with Gasteiger partial charge < -0.3 is 10.2 Å². The highest BCUT2D eigenvalue weighted by Gasteiger charge is 2.34. The summed E-state index contributed by atoms with van der Waals surface area (Å²) in [6, 6.07) is 27.2. The van der Waals surface area contributed by atoms with E-state index >= 15 is 0 Å². The van der Waals surface area contributed by atoms with E-state index in [0.29, 0.717) is 0 Å². The molecule has 4 aromatic carbocycles. The van der Waals surface area contributed by atoms with Gasteiger partial charge in [0.15, 0.2) is 0 Å². The maximum Gasteiger partial charge on any atom is 0.264 e. The van der Waals surface area contributed by atoms with Crippen molar-refractivity contribution in [3.63, 3.8) is 0 Å². The van der Waals surface area contributed by atoms with E-state index in [4.69, 9.17) is 0 Å². The third-order valence-electron chi connectivity index (χ3n) is 7.18. The Morgan fingerprint density at radius 1 is 0.773 bits per heavy atom. The van der Waals surface area contributed by atoms with E-state index in [9.17, 15) is 22.4 Å². The molecule has 0 aliphatic rings. The quantitative estimate of drug-likeness (QED) is 0.218. The normalized spacial score (nSPS) is 12.0. The molecule has 1 N–H and O–H groups in total. The van der Waals surface area contributed by atoms with Gasteiger partial charge in [-0.1, -0.05) is 77.9 Å². The van der Waals surface area contributed by atoms with E-state index in [2.05, 4.69) is 5.32 Å². The summed E-state index contributed by atoms with van der Waals surface area (Å²) >= 11 is 0. The number of carbonyl (C=O) groups excluding carboxylic acids is 2. The first-order valence-corrected chi connectivity index (χ1v) is 15.9. The van der Waals surface area contributed by atoms with Crippen molar-refractivity contribution in [1.29, 1.82) is 0 Å². The van der Waals surface area contributed by atoms with Crippen LogP contribution in [-0.4, -0.2) is 43.8 Å². The van der Waals surface area contributed by atoms with Crippen molar-refractivity contribution in [2.75, 3.05) is 10.8 Å². The molecule has 1 atom stereocenters. The van der Waals surface area contributed by atoms with E-state index in [1.54, 1.807) is 24.3 Å². The Balaban J connectivity index is 1.79. The van der Waals surface area contributed by atoms with E-state index in [0.717, 1.165) is 38.7 Å². The number of benzene rings is 4. The molecule has 7 nitrogen and oxygen atoms in total. The van der Waals surface area contributed by atoms with Crippen LogP contribution in [-0.2, 0) is 32.6 Å². The zero-order chi connectivity index (χ0) is 31.9. The second-order valence-electron chi connectivity index (χ2n) is 11.2. The number of halogens is 1. The van der Waals surface area contributed by atoms with E-state index in [-0.39, 0.29) is 35.5 Å². The van der Waals surface area contributed by atoms with Crippen molar-refractivity contribution in [2.24, 2.45) is 0 Å². The number of nitrogens with one attached hydrogen (secondary N) is 1. The number of hydrogen-bond acceptors (Lipinski definition) is 4. The van der Waals surface area contributed by atoms with Gasteiger partial charge in [0.2, 0.25) is 11.8 Å². The van der Waals surface area contributed by atoms with E-state index in [1.807, 2.05) is 82.3 Å². The number of hydrogen-bond donors (Lipinski definition) is 1. The Labute approximate surface area is 259 Å². The van der Waals surface area contributed by atoms with Gasteiger partial charge in [-0.05, 0) is 75.2 Å². The van der Waals surface area contributed by atoms with Gasteiger partial charge in [-0.3, -0.25) is 13.9 Å². The number of anilines is 1. The number of nitrogens with zero attached hydrogens (tertiary/aromatic N) is 2. The summed E-state index contributed by atoms with van der Waals surface area (Å²) in [5.74, 6) is -1.48. The van der Waals surface area contributed by atoms with Gasteiger partial charge in [0.25, 0.3) is 10.0 Å². The Morgan fingerprint density at radius 3 is 1.91 bits per heavy atom. The third-order valence-corrected chi connectivity index (χ3v) is 8.97. The third kappa shape index (κ3) is 8.32. The molecule has 4 aromatic rings. The predicted octanol–water partition coefficient (Wildman–Crippen LogP) is 5.80. The lowest BCUT2D eigenvalue weighted by Gasteiger charge is -2.34. The average Bonchev–Trinajstić information content (AvgIpc) is 2.99. The molecular weight excluding hydrogens is 577 g/mol. The zero-order valence-corrected chi connectivity index (χ0v) is 26.2. The van der Waals surface area contributed by atoms with Gasteiger partial charge in [-0.2, -0.15) is 0 Å². The molecule has 0 heterocycles. The fourth-order valence-electron chi connectivity index (χ4n) is 4.80. The van der Waals surface area contributed by atoms with E-state index < -0.39 is 34.3 Å². The second kappa shape index (κ2) is 14.3. The number of amides is 2. The summed E-state index contributed by atoms with van der Waals surface area (Å²) in [6.07, 6.45) is 0.228. The highest BCUT2D eigenvalue weighted by molar-refractivity contribution is 7.92. The standard InChI is InChI=1S/C35H38FN3O4S/c1-25(2)37-35(41)33(22-28-8-6-5-7-9-28)38(23-29-14-10-26(3)11-15-29)34(40)24-39(31-18-12-27(4)13-19-31)44(42,43)32-20-16-30(36)17-21-32/h5-21,25,33H,22-24H2,1-4H3,(H,37,41). The highest BCUT2D eigenvalue weighted by Crippen LogP contribution is 2.26. The minimum atomic E-state index is -4.30. The minimum Gasteiger partial charge on any atom is -0.352 e. The molecule has 0 aliphatic carbocycles. The Hall–Kier alpha value is -4.50. The molecular formula is C35H38FN3O4S. The van der Waals surface area contributed by atoms with E-state index in [1.165, 1.54) is 17.0 Å². The minimum absolute atomic E-state index is 0.0838. The molecule has 0 spiro atoms. The SMILES string of the molecule is Cc1ccc(CN(C(=O)CN(c2ccc(C)cc2)S(=O)(=O)c2ccc(F)cc2)C(Cc2ccccc2)C(=O)NC(C)C)cc1. The van der Waals surface area contributed by atoms with Crippen molar-refractivity contribution in [2.45, 2.75) is 57.6 Å². The first-order chi connectivity index (χ1) is 20.9. The second-order valence-corrected chi connectivity index (χ2v) is 13.0. The molecule has 0 aliphatic heterocycles. The lowest BCUT2D eigenvalue weighted by Crippen LogP contribution is -2.54. The molecule has 1 unspecified atom stereocenters. The van der Waals surface area contributed by atoms with Crippen molar-refractivity contribution < 1.29 is 22.4 Å². The molecule has 0 bridgehead atoms. The van der Waals surface area contributed by atoms with Gasteiger partial charge in [0, 0.05) is 19.0 Å². The lowest BCUT2D eigenvalue weighted by molar-refractivity contribution is -0.140. The first-order valence-electron chi connectivity index (χ1n) is 14.5. The molecule has 9 heteroatoms. The number of sulfonamides is 1. The van der Waals surface area contributed by atoms with Crippen LogP contribution in [0.2, 0.25) is 0 Å². The van der Waals surface area contributed by atoms with Crippen LogP contribution < -0.4 is 9.62 Å². The van der Waals surface area contributed by atoms with Gasteiger partial charge in [0.1, 0.15) is 18.4 Å². The summed E-state index contributed by atoms with van der Waals surface area (Å²) in [4.78, 5) is 29.4. The maximum absolute atomic E-state index is 14.4. The summed E-state index contributed by atoms with van der Waals surface area (Å²) < 4.78 is 42.7. The molecule has 0 saturated carbocycles. The van der Waals surface area contributed by atoms with Crippen LogP contribution in [0.1, 0.15) is 36.1 Å². The van der Waals surface area contributed by atoms with Crippen LogP contribution in [0.3, 0.4) is 0 Å². The molecule has 44 heavy (non-hydrogen) atoms. The topological polar surface area (TPSA) is 86.8 Å². The maximum atomic E-state index is 14.4. The summed E-state index contributed by atoms with van der Waals surface area (Å²) in [7, 11) is -4.30. The average molecular weight is 616 g/mol. The summed E-state index contributed by atoms with van der Waals surface area (Å²) in [5.41, 5.74) is 3.87. The van der Waals surface area contributed by atoms with Crippen LogP contribution in [0.5, 0.6) is 0 Å². The van der Waals surface area contributed by atoms with Crippen molar-refractivity contribution in [3.05, 3.63) is 131 Å². The molecule has 2 amide bonds.